The average Bonchev–Trinajstić information content (AvgIpc) is 3.30. The summed E-state index contributed by atoms with van der Waals surface area (Å²) in [4.78, 5) is 39.3. The molecule has 5 rings (SSSR count). The Balaban J connectivity index is 1.57. The zero-order valence-corrected chi connectivity index (χ0v) is 22.0. The lowest BCUT2D eigenvalue weighted by Gasteiger charge is -2.23. The number of anilines is 1. The van der Waals surface area contributed by atoms with Crippen molar-refractivity contribution < 1.29 is 22.8 Å². The van der Waals surface area contributed by atoms with Gasteiger partial charge in [-0.2, -0.15) is 0 Å². The van der Waals surface area contributed by atoms with Gasteiger partial charge in [-0.1, -0.05) is 48.5 Å². The topological polar surface area (TPSA) is 113 Å². The van der Waals surface area contributed by atoms with Crippen LogP contribution in [0.2, 0.25) is 10.0 Å². The number of sulfonamides is 1. The van der Waals surface area contributed by atoms with E-state index in [0.29, 0.717) is 33.1 Å². The first-order chi connectivity index (χ1) is 17.1. The molecule has 0 unspecified atom stereocenters. The van der Waals surface area contributed by atoms with Gasteiger partial charge in [0.05, 0.1) is 37.7 Å². The molecule has 2 heterocycles. The number of hydrogen-bond acceptors (Lipinski definition) is 6. The molecule has 8 nitrogen and oxygen atoms in total. The van der Waals surface area contributed by atoms with E-state index in [0.717, 1.165) is 32.1 Å². The van der Waals surface area contributed by atoms with Crippen LogP contribution in [0.1, 0.15) is 43.2 Å². The first-order valence-electron chi connectivity index (χ1n) is 11.3. The van der Waals surface area contributed by atoms with Crippen LogP contribution >= 0.6 is 35.0 Å². The number of carbonyl (C=O) groups excluding carboxylic acids is 3. The summed E-state index contributed by atoms with van der Waals surface area (Å²) in [5.41, 5.74) is 1.38. The van der Waals surface area contributed by atoms with Gasteiger partial charge in [0, 0.05) is 11.6 Å². The highest BCUT2D eigenvalue weighted by atomic mass is 35.5. The number of hydrogen-bond donors (Lipinski definition) is 2. The number of benzene rings is 2. The molecule has 0 spiro atoms. The largest absolute Gasteiger partial charge is 0.303 e. The third-order valence-electron chi connectivity index (χ3n) is 6.39. The van der Waals surface area contributed by atoms with E-state index in [-0.39, 0.29) is 33.5 Å². The lowest BCUT2D eigenvalue weighted by Crippen LogP contribution is -2.36. The molecule has 2 aromatic rings. The average molecular weight is 566 g/mol. The molecular weight excluding hydrogens is 545 g/mol. The maximum Gasteiger partial charge on any atom is 0.290 e. The molecule has 1 saturated carbocycles. The standard InChI is InChI=1S/C24H21Cl2N3O5S2/c25-17-8-6-13(10-18(17)26)12-29-19-9-7-15(36(33,34)28-14-4-2-1-3-5-14)11-16(19)20(23(29)31)21-22(30)27-24(32)35-21/h6-11,14,28H,1-5,12H2,(H,27,30,32). The Morgan fingerprint density at radius 1 is 1.00 bits per heavy atom. The molecule has 188 valence electrons. The summed E-state index contributed by atoms with van der Waals surface area (Å²) < 4.78 is 29.1. The van der Waals surface area contributed by atoms with Gasteiger partial charge in [0.15, 0.2) is 0 Å². The second-order valence-electron chi connectivity index (χ2n) is 8.82. The highest BCUT2D eigenvalue weighted by Gasteiger charge is 2.40. The summed E-state index contributed by atoms with van der Waals surface area (Å²) in [7, 11) is -3.87. The molecule has 1 aliphatic carbocycles. The number of thioether (sulfide) groups is 1. The van der Waals surface area contributed by atoms with Crippen LogP contribution in [0, 0.1) is 0 Å². The van der Waals surface area contributed by atoms with Crippen molar-refractivity contribution in [1.29, 1.82) is 0 Å². The van der Waals surface area contributed by atoms with Crippen molar-refractivity contribution in [2.24, 2.45) is 0 Å². The van der Waals surface area contributed by atoms with E-state index < -0.39 is 27.1 Å². The van der Waals surface area contributed by atoms with Crippen LogP contribution in [0.3, 0.4) is 0 Å². The van der Waals surface area contributed by atoms with Crippen LogP contribution in [0.4, 0.5) is 10.5 Å². The van der Waals surface area contributed by atoms with Crippen molar-refractivity contribution in [3.05, 3.63) is 62.5 Å². The number of amides is 3. The molecule has 0 atom stereocenters. The first-order valence-corrected chi connectivity index (χ1v) is 14.4. The van der Waals surface area contributed by atoms with Gasteiger partial charge in [-0.05, 0) is 60.5 Å². The number of nitrogens with zero attached hydrogens (tertiary/aromatic N) is 1. The monoisotopic (exact) mass is 565 g/mol. The van der Waals surface area contributed by atoms with Gasteiger partial charge in [-0.15, -0.1) is 0 Å². The van der Waals surface area contributed by atoms with E-state index >= 15 is 0 Å². The van der Waals surface area contributed by atoms with Crippen LogP contribution in [0.25, 0.3) is 5.57 Å². The van der Waals surface area contributed by atoms with E-state index in [2.05, 4.69) is 10.0 Å². The summed E-state index contributed by atoms with van der Waals surface area (Å²) in [5, 5.41) is 2.27. The fourth-order valence-corrected chi connectivity index (χ4v) is 7.08. The fourth-order valence-electron chi connectivity index (χ4n) is 4.66. The van der Waals surface area contributed by atoms with E-state index in [4.69, 9.17) is 23.2 Å². The predicted octanol–water partition coefficient (Wildman–Crippen LogP) is 4.85. The minimum absolute atomic E-state index is 0.00636. The van der Waals surface area contributed by atoms with Crippen molar-refractivity contribution in [3.63, 3.8) is 0 Å². The Morgan fingerprint density at radius 2 is 1.75 bits per heavy atom. The zero-order valence-electron chi connectivity index (χ0n) is 18.8. The molecule has 1 saturated heterocycles. The van der Waals surface area contributed by atoms with Crippen LogP contribution in [0.15, 0.2) is 46.2 Å². The maximum atomic E-state index is 13.6. The Bertz CT molecular complexity index is 1440. The lowest BCUT2D eigenvalue weighted by molar-refractivity contribution is -0.116. The molecule has 0 aromatic heterocycles. The van der Waals surface area contributed by atoms with Gasteiger partial charge >= 0.3 is 0 Å². The molecule has 2 N–H and O–H groups in total. The molecule has 0 bridgehead atoms. The van der Waals surface area contributed by atoms with Crippen molar-refractivity contribution in [3.8, 4) is 0 Å². The van der Waals surface area contributed by atoms with Crippen LogP contribution < -0.4 is 14.9 Å². The minimum Gasteiger partial charge on any atom is -0.303 e. The number of nitrogens with one attached hydrogen (secondary N) is 2. The highest BCUT2D eigenvalue weighted by molar-refractivity contribution is 8.18. The number of rotatable bonds is 5. The molecule has 2 aliphatic heterocycles. The van der Waals surface area contributed by atoms with Crippen molar-refractivity contribution >= 4 is 73.3 Å². The predicted molar refractivity (Wildman–Crippen MR) is 139 cm³/mol. The Kier molecular flexibility index (Phi) is 6.90. The van der Waals surface area contributed by atoms with E-state index in [1.807, 2.05) is 0 Å². The lowest BCUT2D eigenvalue weighted by atomic mass is 9.96. The van der Waals surface area contributed by atoms with Gasteiger partial charge < -0.3 is 4.90 Å². The first kappa shape index (κ1) is 25.3. The summed E-state index contributed by atoms with van der Waals surface area (Å²) in [6, 6.07) is 9.22. The fraction of sp³-hybridized carbons (Fsp3) is 0.292. The molecule has 2 fully saturated rings. The number of imide groups is 1. The second-order valence-corrected chi connectivity index (χ2v) is 12.3. The molecular formula is C24H21Cl2N3O5S2. The quantitative estimate of drug-likeness (QED) is 0.501. The smallest absolute Gasteiger partial charge is 0.290 e. The Morgan fingerprint density at radius 3 is 2.42 bits per heavy atom. The van der Waals surface area contributed by atoms with Crippen LogP contribution in [-0.2, 0) is 26.2 Å². The number of fused-ring (bicyclic) bond motifs is 1. The van der Waals surface area contributed by atoms with E-state index in [9.17, 15) is 22.8 Å². The normalized spacial score (nSPS) is 20.7. The van der Waals surface area contributed by atoms with Gasteiger partial charge in [-0.25, -0.2) is 13.1 Å². The third kappa shape index (κ3) is 4.80. The van der Waals surface area contributed by atoms with Crippen LogP contribution in [-0.4, -0.2) is 31.5 Å². The Labute approximate surface area is 222 Å². The molecule has 3 aliphatic rings. The number of halogens is 2. The van der Waals surface area contributed by atoms with Crippen molar-refractivity contribution in [2.45, 2.75) is 49.6 Å². The van der Waals surface area contributed by atoms with E-state index in [1.54, 1.807) is 24.3 Å². The highest BCUT2D eigenvalue weighted by Crippen LogP contribution is 2.44. The SMILES string of the molecule is O=C1NC(=O)C(=C2C(=O)N(Cc3ccc(Cl)c(Cl)c3)c3ccc(S(=O)(=O)NC4CCCCC4)cc32)S1. The van der Waals surface area contributed by atoms with Crippen molar-refractivity contribution in [1.82, 2.24) is 10.0 Å². The summed E-state index contributed by atoms with van der Waals surface area (Å²) in [5.74, 6) is -1.21. The minimum atomic E-state index is -3.87. The maximum absolute atomic E-state index is 13.6. The van der Waals surface area contributed by atoms with Crippen LogP contribution in [0.5, 0.6) is 0 Å². The molecule has 3 amide bonds. The Hall–Kier alpha value is -2.37. The third-order valence-corrected chi connectivity index (χ3v) is 9.53. The van der Waals surface area contributed by atoms with E-state index in [1.165, 1.54) is 17.0 Å². The molecule has 36 heavy (non-hydrogen) atoms. The zero-order chi connectivity index (χ0) is 25.6. The van der Waals surface area contributed by atoms with Gasteiger partial charge in [-0.3, -0.25) is 19.7 Å². The summed E-state index contributed by atoms with van der Waals surface area (Å²) in [6.45, 7) is 0.103. The second kappa shape index (κ2) is 9.83. The van der Waals surface area contributed by atoms with Gasteiger partial charge in [0.1, 0.15) is 0 Å². The van der Waals surface area contributed by atoms with Crippen molar-refractivity contribution in [2.75, 3.05) is 4.90 Å². The summed E-state index contributed by atoms with van der Waals surface area (Å²) in [6.07, 6.45) is 4.56. The van der Waals surface area contributed by atoms with Gasteiger partial charge in [0.2, 0.25) is 10.0 Å². The molecule has 0 radical (unpaired) electrons. The summed E-state index contributed by atoms with van der Waals surface area (Å²) >= 11 is 12.8. The van der Waals surface area contributed by atoms with Gasteiger partial charge in [0.25, 0.3) is 17.1 Å². The molecule has 2 aromatic carbocycles. The number of carbonyl (C=O) groups is 3. The molecule has 12 heteroatoms.